The molecule has 1 heterocycles. The average molecular weight is 269 g/mol. The number of nitrogens with zero attached hydrogens (tertiary/aromatic N) is 2. The first-order chi connectivity index (χ1) is 9.52. The summed E-state index contributed by atoms with van der Waals surface area (Å²) in [6, 6.07) is 8.96. The fraction of sp³-hybridized carbons (Fsp3) is 0.412. The number of hydrogen-bond acceptors (Lipinski definition) is 3. The maximum Gasteiger partial charge on any atom is 0.115 e. The molecule has 0 fully saturated rings. The van der Waals surface area contributed by atoms with Gasteiger partial charge in [-0.1, -0.05) is 52.0 Å². The van der Waals surface area contributed by atoms with Crippen LogP contribution < -0.4 is 5.32 Å². The molecule has 0 amide bonds. The third-order valence-electron chi connectivity index (χ3n) is 3.43. The Morgan fingerprint density at radius 2 is 1.60 bits per heavy atom. The quantitative estimate of drug-likeness (QED) is 0.923. The van der Waals surface area contributed by atoms with Crippen LogP contribution in [0.3, 0.4) is 0 Å². The van der Waals surface area contributed by atoms with Crippen LogP contribution in [0.1, 0.15) is 50.4 Å². The summed E-state index contributed by atoms with van der Waals surface area (Å²) in [5, 5.41) is 3.49. The molecule has 1 atom stereocenters. The summed E-state index contributed by atoms with van der Waals surface area (Å²) in [6.07, 6.45) is 5.31. The van der Waals surface area contributed by atoms with Gasteiger partial charge in [0.25, 0.3) is 0 Å². The lowest BCUT2D eigenvalue weighted by Crippen LogP contribution is -2.22. The molecule has 0 radical (unpaired) electrons. The van der Waals surface area contributed by atoms with Crippen LogP contribution in [-0.2, 0) is 5.41 Å². The third kappa shape index (κ3) is 3.42. The van der Waals surface area contributed by atoms with Crippen molar-refractivity contribution in [2.45, 2.75) is 39.2 Å². The largest absolute Gasteiger partial charge is 0.306 e. The molecule has 0 aliphatic heterocycles. The van der Waals surface area contributed by atoms with Gasteiger partial charge >= 0.3 is 0 Å². The van der Waals surface area contributed by atoms with Crippen molar-refractivity contribution < 1.29 is 0 Å². The maximum atomic E-state index is 4.12. The lowest BCUT2D eigenvalue weighted by atomic mass is 9.86. The van der Waals surface area contributed by atoms with Crippen LogP contribution >= 0.6 is 0 Å². The van der Waals surface area contributed by atoms with Gasteiger partial charge in [0, 0.05) is 18.0 Å². The molecule has 3 heteroatoms. The highest BCUT2D eigenvalue weighted by atomic mass is 14.9. The molecule has 0 bridgehead atoms. The highest BCUT2D eigenvalue weighted by molar-refractivity contribution is 5.33. The zero-order chi connectivity index (χ0) is 14.6. The van der Waals surface area contributed by atoms with Gasteiger partial charge in [-0.2, -0.15) is 0 Å². The van der Waals surface area contributed by atoms with Gasteiger partial charge < -0.3 is 5.32 Å². The van der Waals surface area contributed by atoms with Gasteiger partial charge in [0.15, 0.2) is 0 Å². The van der Waals surface area contributed by atoms with Crippen molar-refractivity contribution in [3.05, 3.63) is 59.7 Å². The third-order valence-corrected chi connectivity index (χ3v) is 3.43. The number of hydrogen-bond donors (Lipinski definition) is 1. The first-order valence-corrected chi connectivity index (χ1v) is 7.11. The highest BCUT2D eigenvalue weighted by Gasteiger charge is 2.16. The van der Waals surface area contributed by atoms with Crippen molar-refractivity contribution in [2.24, 2.45) is 0 Å². The van der Waals surface area contributed by atoms with Crippen LogP contribution in [0.2, 0.25) is 0 Å². The molecule has 3 nitrogen and oxygen atoms in total. The lowest BCUT2D eigenvalue weighted by Gasteiger charge is -2.22. The molecule has 0 saturated carbocycles. The summed E-state index contributed by atoms with van der Waals surface area (Å²) >= 11 is 0. The van der Waals surface area contributed by atoms with Gasteiger partial charge in [0.1, 0.15) is 6.33 Å². The molecule has 1 unspecified atom stereocenters. The van der Waals surface area contributed by atoms with E-state index in [1.54, 1.807) is 6.33 Å². The van der Waals surface area contributed by atoms with Crippen molar-refractivity contribution >= 4 is 0 Å². The van der Waals surface area contributed by atoms with Crippen molar-refractivity contribution in [1.82, 2.24) is 15.3 Å². The van der Waals surface area contributed by atoms with E-state index in [9.17, 15) is 0 Å². The van der Waals surface area contributed by atoms with E-state index >= 15 is 0 Å². The second-order valence-electron chi connectivity index (χ2n) is 6.03. The zero-order valence-electron chi connectivity index (χ0n) is 12.7. The molecule has 1 N–H and O–H groups in total. The van der Waals surface area contributed by atoms with Crippen molar-refractivity contribution in [3.63, 3.8) is 0 Å². The van der Waals surface area contributed by atoms with Crippen molar-refractivity contribution in [1.29, 1.82) is 0 Å². The Morgan fingerprint density at radius 1 is 1.00 bits per heavy atom. The predicted octanol–water partition coefficient (Wildman–Crippen LogP) is 3.47. The highest BCUT2D eigenvalue weighted by Crippen LogP contribution is 2.26. The molecule has 106 valence electrons. The number of nitrogens with one attached hydrogen (secondary N) is 1. The molecule has 2 aromatic rings. The SMILES string of the molecule is CCNC(c1ccc(C(C)(C)C)cc1)c1cncnc1. The fourth-order valence-corrected chi connectivity index (χ4v) is 2.27. The van der Waals surface area contributed by atoms with Gasteiger partial charge in [-0.3, -0.25) is 0 Å². The van der Waals surface area contributed by atoms with Crippen molar-refractivity contribution in [3.8, 4) is 0 Å². The van der Waals surface area contributed by atoms with Crippen LogP contribution in [0.5, 0.6) is 0 Å². The van der Waals surface area contributed by atoms with Crippen molar-refractivity contribution in [2.75, 3.05) is 6.54 Å². The fourth-order valence-electron chi connectivity index (χ4n) is 2.27. The zero-order valence-corrected chi connectivity index (χ0v) is 12.7. The van der Waals surface area contributed by atoms with Crippen LogP contribution in [0.4, 0.5) is 0 Å². The van der Waals surface area contributed by atoms with Crippen LogP contribution in [0.25, 0.3) is 0 Å². The Balaban J connectivity index is 2.31. The molecule has 1 aromatic carbocycles. The second-order valence-corrected chi connectivity index (χ2v) is 6.03. The Morgan fingerprint density at radius 3 is 2.10 bits per heavy atom. The number of rotatable bonds is 4. The molecule has 2 rings (SSSR count). The van der Waals surface area contributed by atoms with Gasteiger partial charge in [-0.15, -0.1) is 0 Å². The van der Waals surface area contributed by atoms with Gasteiger partial charge in [-0.25, -0.2) is 9.97 Å². The van der Waals surface area contributed by atoms with E-state index in [1.165, 1.54) is 11.1 Å². The van der Waals surface area contributed by atoms with Crippen LogP contribution in [0.15, 0.2) is 43.0 Å². The van der Waals surface area contributed by atoms with E-state index in [0.29, 0.717) is 0 Å². The summed E-state index contributed by atoms with van der Waals surface area (Å²) < 4.78 is 0. The number of benzene rings is 1. The van der Waals surface area contributed by atoms with E-state index < -0.39 is 0 Å². The van der Waals surface area contributed by atoms with E-state index in [-0.39, 0.29) is 11.5 Å². The van der Waals surface area contributed by atoms with E-state index in [2.05, 4.69) is 67.2 Å². The Labute approximate surface area is 121 Å². The van der Waals surface area contributed by atoms with E-state index in [4.69, 9.17) is 0 Å². The smallest absolute Gasteiger partial charge is 0.115 e. The predicted molar refractivity (Wildman–Crippen MR) is 82.7 cm³/mol. The lowest BCUT2D eigenvalue weighted by molar-refractivity contribution is 0.587. The molecule has 0 aliphatic rings. The summed E-state index contributed by atoms with van der Waals surface area (Å²) in [7, 11) is 0. The van der Waals surface area contributed by atoms with Gasteiger partial charge in [-0.05, 0) is 23.1 Å². The molecule has 1 aromatic heterocycles. The molecule has 20 heavy (non-hydrogen) atoms. The first-order valence-electron chi connectivity index (χ1n) is 7.11. The van der Waals surface area contributed by atoms with Gasteiger partial charge in [0.2, 0.25) is 0 Å². The van der Waals surface area contributed by atoms with E-state index in [0.717, 1.165) is 12.1 Å². The topological polar surface area (TPSA) is 37.8 Å². The molecule has 0 spiro atoms. The summed E-state index contributed by atoms with van der Waals surface area (Å²) in [4.78, 5) is 8.24. The van der Waals surface area contributed by atoms with Crippen LogP contribution in [0, 0.1) is 0 Å². The Bertz CT molecular complexity index is 526. The monoisotopic (exact) mass is 269 g/mol. The molecular formula is C17H23N3. The first kappa shape index (κ1) is 14.7. The molecular weight excluding hydrogens is 246 g/mol. The standard InChI is InChI=1S/C17H23N3/c1-5-20-16(14-10-18-12-19-11-14)13-6-8-15(9-7-13)17(2,3)4/h6-12,16,20H,5H2,1-4H3. The average Bonchev–Trinajstić information content (AvgIpc) is 2.45. The number of aromatic nitrogens is 2. The minimum atomic E-state index is 0.148. The van der Waals surface area contributed by atoms with Gasteiger partial charge in [0.05, 0.1) is 6.04 Å². The summed E-state index contributed by atoms with van der Waals surface area (Å²) in [6.45, 7) is 9.71. The molecule has 0 saturated heterocycles. The van der Waals surface area contributed by atoms with E-state index in [1.807, 2.05) is 12.4 Å². The summed E-state index contributed by atoms with van der Waals surface area (Å²) in [5.41, 5.74) is 3.87. The minimum absolute atomic E-state index is 0.148. The normalized spacial score (nSPS) is 13.2. The molecule has 0 aliphatic carbocycles. The van der Waals surface area contributed by atoms with Crippen LogP contribution in [-0.4, -0.2) is 16.5 Å². The Hall–Kier alpha value is -1.74. The Kier molecular flexibility index (Phi) is 4.50. The minimum Gasteiger partial charge on any atom is -0.306 e. The maximum absolute atomic E-state index is 4.12. The summed E-state index contributed by atoms with van der Waals surface area (Å²) in [5.74, 6) is 0. The second kappa shape index (κ2) is 6.14.